The molecule has 0 bridgehead atoms. The van der Waals surface area contributed by atoms with Crippen molar-refractivity contribution in [2.24, 2.45) is 0 Å². The van der Waals surface area contributed by atoms with Crippen molar-refractivity contribution in [3.05, 3.63) is 40.1 Å². The first-order chi connectivity index (χ1) is 9.30. The maximum absolute atomic E-state index is 13.4. The average Bonchev–Trinajstić information content (AvgIpc) is 2.78. The summed E-state index contributed by atoms with van der Waals surface area (Å²) in [5, 5.41) is 6.50. The second-order valence-electron chi connectivity index (χ2n) is 4.17. The van der Waals surface area contributed by atoms with E-state index in [1.165, 1.54) is 19.2 Å². The summed E-state index contributed by atoms with van der Waals surface area (Å²) < 4.78 is 39.3. The molecule has 9 heteroatoms. The fraction of sp³-hybridized carbons (Fsp3) is 0.273. The van der Waals surface area contributed by atoms with Gasteiger partial charge in [0.25, 0.3) is 0 Å². The molecular weight excluding hydrogens is 351 g/mol. The van der Waals surface area contributed by atoms with Gasteiger partial charge in [-0.15, -0.1) is 0 Å². The molecule has 1 aromatic heterocycles. The molecule has 0 radical (unpaired) electrons. The lowest BCUT2D eigenvalue weighted by Crippen LogP contribution is -2.27. The minimum absolute atomic E-state index is 0.00432. The van der Waals surface area contributed by atoms with E-state index in [2.05, 4.69) is 31.1 Å². The van der Waals surface area contributed by atoms with Crippen LogP contribution in [0.5, 0.6) is 0 Å². The van der Waals surface area contributed by atoms with Gasteiger partial charge in [0.15, 0.2) is 5.82 Å². The minimum atomic E-state index is -3.79. The van der Waals surface area contributed by atoms with Gasteiger partial charge in [0.05, 0.1) is 15.9 Å². The van der Waals surface area contributed by atoms with Crippen LogP contribution in [0, 0.1) is 12.7 Å². The Morgan fingerprint density at radius 1 is 1.45 bits per heavy atom. The summed E-state index contributed by atoms with van der Waals surface area (Å²) in [7, 11) is -2.40. The lowest BCUT2D eigenvalue weighted by atomic mass is 10.3. The standard InChI is InChI=1S/C11H12BrFN4O2S/c1-7-14-11(16-15-7)6-17(2)20(18,19)8-3-4-9(12)10(13)5-8/h3-5H,6H2,1-2H3,(H,14,15,16). The third-order valence-corrected chi connectivity index (χ3v) is 5.05. The second-order valence-corrected chi connectivity index (χ2v) is 7.07. The van der Waals surface area contributed by atoms with Crippen LogP contribution in [-0.4, -0.2) is 35.0 Å². The van der Waals surface area contributed by atoms with Crippen molar-refractivity contribution in [2.45, 2.75) is 18.4 Å². The summed E-state index contributed by atoms with van der Waals surface area (Å²) in [6.45, 7) is 1.72. The van der Waals surface area contributed by atoms with Crippen LogP contribution in [0.25, 0.3) is 0 Å². The van der Waals surface area contributed by atoms with E-state index in [9.17, 15) is 12.8 Å². The average molecular weight is 363 g/mol. The summed E-state index contributed by atoms with van der Waals surface area (Å²) in [5.74, 6) is 0.319. The first-order valence-corrected chi connectivity index (χ1v) is 7.83. The maximum atomic E-state index is 13.4. The number of sulfonamides is 1. The van der Waals surface area contributed by atoms with Gasteiger partial charge < -0.3 is 0 Å². The second kappa shape index (κ2) is 5.58. The molecule has 108 valence electrons. The van der Waals surface area contributed by atoms with Crippen LogP contribution in [0.3, 0.4) is 0 Å². The zero-order chi connectivity index (χ0) is 14.9. The number of nitrogens with one attached hydrogen (secondary N) is 1. The van der Waals surface area contributed by atoms with Gasteiger partial charge in [-0.2, -0.15) is 9.40 Å². The largest absolute Gasteiger partial charge is 0.263 e. The van der Waals surface area contributed by atoms with Crippen LogP contribution >= 0.6 is 15.9 Å². The third-order valence-electron chi connectivity index (χ3n) is 2.61. The highest BCUT2D eigenvalue weighted by atomic mass is 79.9. The summed E-state index contributed by atoms with van der Waals surface area (Å²) in [4.78, 5) is 3.92. The Hall–Kier alpha value is -1.32. The number of rotatable bonds is 4. The van der Waals surface area contributed by atoms with Crippen LogP contribution < -0.4 is 0 Å². The molecule has 20 heavy (non-hydrogen) atoms. The van der Waals surface area contributed by atoms with Gasteiger partial charge in [0, 0.05) is 7.05 Å². The minimum Gasteiger partial charge on any atom is -0.263 e. The summed E-state index contributed by atoms with van der Waals surface area (Å²) in [5.41, 5.74) is 0. The molecule has 1 aromatic carbocycles. The molecule has 0 fully saturated rings. The monoisotopic (exact) mass is 362 g/mol. The summed E-state index contributed by atoms with van der Waals surface area (Å²) >= 11 is 2.98. The Kier molecular flexibility index (Phi) is 4.21. The highest BCUT2D eigenvalue weighted by Gasteiger charge is 2.23. The van der Waals surface area contributed by atoms with E-state index in [1.54, 1.807) is 6.92 Å². The molecule has 2 aromatic rings. The smallest absolute Gasteiger partial charge is 0.243 e. The Morgan fingerprint density at radius 2 is 2.15 bits per heavy atom. The Balaban J connectivity index is 2.27. The molecular formula is C11H12BrFN4O2S. The zero-order valence-electron chi connectivity index (χ0n) is 10.8. The van der Waals surface area contributed by atoms with Gasteiger partial charge in [-0.05, 0) is 41.1 Å². The molecule has 0 amide bonds. The lowest BCUT2D eigenvalue weighted by Gasteiger charge is -2.15. The normalized spacial score (nSPS) is 12.1. The number of aromatic amines is 1. The van der Waals surface area contributed by atoms with Crippen LogP contribution in [0.15, 0.2) is 27.6 Å². The first kappa shape index (κ1) is 15.1. The van der Waals surface area contributed by atoms with Crippen LogP contribution in [-0.2, 0) is 16.6 Å². The fourth-order valence-electron chi connectivity index (χ4n) is 1.56. The zero-order valence-corrected chi connectivity index (χ0v) is 13.2. The van der Waals surface area contributed by atoms with Gasteiger partial charge in [-0.25, -0.2) is 17.8 Å². The molecule has 1 N–H and O–H groups in total. The molecule has 0 saturated heterocycles. The Bertz CT molecular complexity index is 732. The van der Waals surface area contributed by atoms with Crippen molar-refractivity contribution in [3.8, 4) is 0 Å². The van der Waals surface area contributed by atoms with E-state index in [0.29, 0.717) is 11.6 Å². The van der Waals surface area contributed by atoms with E-state index < -0.39 is 15.8 Å². The topological polar surface area (TPSA) is 79.0 Å². The molecule has 0 atom stereocenters. The van der Waals surface area contributed by atoms with Gasteiger partial charge in [0.1, 0.15) is 11.6 Å². The van der Waals surface area contributed by atoms with Crippen molar-refractivity contribution >= 4 is 26.0 Å². The Labute approximate surface area is 124 Å². The molecule has 0 saturated carbocycles. The van der Waals surface area contributed by atoms with E-state index in [4.69, 9.17) is 0 Å². The van der Waals surface area contributed by atoms with Crippen molar-refractivity contribution < 1.29 is 12.8 Å². The molecule has 1 heterocycles. The molecule has 0 aliphatic carbocycles. The van der Waals surface area contributed by atoms with Gasteiger partial charge >= 0.3 is 0 Å². The van der Waals surface area contributed by atoms with E-state index in [0.717, 1.165) is 10.4 Å². The predicted molar refractivity (Wildman–Crippen MR) is 73.9 cm³/mol. The van der Waals surface area contributed by atoms with Crippen LogP contribution in [0.2, 0.25) is 0 Å². The summed E-state index contributed by atoms with van der Waals surface area (Å²) in [6, 6.07) is 3.66. The molecule has 0 spiro atoms. The van der Waals surface area contributed by atoms with Gasteiger partial charge in [0.2, 0.25) is 10.0 Å². The summed E-state index contributed by atoms with van der Waals surface area (Å²) in [6.07, 6.45) is 0. The van der Waals surface area contributed by atoms with Crippen molar-refractivity contribution in [2.75, 3.05) is 7.05 Å². The van der Waals surface area contributed by atoms with Crippen molar-refractivity contribution in [1.29, 1.82) is 0 Å². The number of H-pyrrole nitrogens is 1. The first-order valence-electron chi connectivity index (χ1n) is 5.60. The maximum Gasteiger partial charge on any atom is 0.243 e. The molecule has 6 nitrogen and oxygen atoms in total. The third kappa shape index (κ3) is 3.05. The van der Waals surface area contributed by atoms with Crippen molar-refractivity contribution in [1.82, 2.24) is 19.5 Å². The quantitative estimate of drug-likeness (QED) is 0.899. The molecule has 0 unspecified atom stereocenters. The lowest BCUT2D eigenvalue weighted by molar-refractivity contribution is 0.456. The number of halogens is 2. The van der Waals surface area contributed by atoms with E-state index in [-0.39, 0.29) is 15.9 Å². The van der Waals surface area contributed by atoms with Crippen LogP contribution in [0.1, 0.15) is 11.6 Å². The van der Waals surface area contributed by atoms with Crippen molar-refractivity contribution in [3.63, 3.8) is 0 Å². The highest BCUT2D eigenvalue weighted by Crippen LogP contribution is 2.22. The Morgan fingerprint density at radius 3 is 2.70 bits per heavy atom. The number of aromatic nitrogens is 3. The van der Waals surface area contributed by atoms with Crippen LogP contribution in [0.4, 0.5) is 4.39 Å². The predicted octanol–water partition coefficient (Wildman–Crippen LogP) is 1.84. The number of nitrogens with zero attached hydrogens (tertiary/aromatic N) is 3. The SMILES string of the molecule is Cc1nc(CN(C)S(=O)(=O)c2ccc(Br)c(F)c2)n[nH]1. The number of benzene rings is 1. The fourth-order valence-corrected chi connectivity index (χ4v) is 2.95. The van der Waals surface area contributed by atoms with E-state index in [1.807, 2.05) is 0 Å². The van der Waals surface area contributed by atoms with E-state index >= 15 is 0 Å². The number of hydrogen-bond donors (Lipinski definition) is 1. The highest BCUT2D eigenvalue weighted by molar-refractivity contribution is 9.10. The molecule has 2 rings (SSSR count). The molecule has 0 aliphatic rings. The van der Waals surface area contributed by atoms with Gasteiger partial charge in [-0.1, -0.05) is 0 Å². The molecule has 0 aliphatic heterocycles. The number of aryl methyl sites for hydroxylation is 1. The number of hydrogen-bond acceptors (Lipinski definition) is 4. The van der Waals surface area contributed by atoms with Gasteiger partial charge in [-0.3, -0.25) is 5.10 Å².